The summed E-state index contributed by atoms with van der Waals surface area (Å²) in [5.41, 5.74) is -0.474. The van der Waals surface area contributed by atoms with Gasteiger partial charge in [0.25, 0.3) is 0 Å². The first kappa shape index (κ1) is 8.97. The number of esters is 1. The number of carbonyl (C=O) groups excluding carboxylic acids is 1. The van der Waals surface area contributed by atoms with E-state index in [0.29, 0.717) is 19.3 Å². The van der Waals surface area contributed by atoms with Gasteiger partial charge >= 0.3 is 5.97 Å². The first-order valence-corrected chi connectivity index (χ1v) is 4.73. The van der Waals surface area contributed by atoms with E-state index in [2.05, 4.69) is 5.32 Å². The van der Waals surface area contributed by atoms with Crippen LogP contribution in [0, 0.1) is 0 Å². The molecule has 1 N–H and O–H groups in total. The normalized spacial score (nSPS) is 39.5. The minimum atomic E-state index is -0.474. The van der Waals surface area contributed by atoms with Gasteiger partial charge in [-0.05, 0) is 13.3 Å². The molecule has 0 aromatic heterocycles. The third kappa shape index (κ3) is 1.69. The molecule has 0 aromatic carbocycles. The van der Waals surface area contributed by atoms with Crippen LogP contribution in [0.2, 0.25) is 0 Å². The minimum Gasteiger partial charge on any atom is -0.464 e. The molecule has 13 heavy (non-hydrogen) atoms. The van der Waals surface area contributed by atoms with Crippen LogP contribution in [0.3, 0.4) is 0 Å². The summed E-state index contributed by atoms with van der Waals surface area (Å²) in [5, 5.41) is 3.30. The highest BCUT2D eigenvalue weighted by atomic mass is 16.5. The van der Waals surface area contributed by atoms with Crippen molar-refractivity contribution in [2.45, 2.75) is 31.3 Å². The molecule has 0 aliphatic carbocycles. The SMILES string of the molecule is CC1(NC2CCOC2)CCOC1=O. The van der Waals surface area contributed by atoms with Crippen molar-refractivity contribution in [1.29, 1.82) is 0 Å². The summed E-state index contributed by atoms with van der Waals surface area (Å²) in [6.07, 6.45) is 1.76. The highest BCUT2D eigenvalue weighted by Gasteiger charge is 2.41. The Balaban J connectivity index is 1.95. The Hall–Kier alpha value is -0.610. The van der Waals surface area contributed by atoms with Gasteiger partial charge in [0.2, 0.25) is 0 Å². The molecule has 0 aromatic rings. The Morgan fingerprint density at radius 2 is 2.38 bits per heavy atom. The quantitative estimate of drug-likeness (QED) is 0.618. The van der Waals surface area contributed by atoms with Crippen molar-refractivity contribution in [3.63, 3.8) is 0 Å². The van der Waals surface area contributed by atoms with E-state index in [0.717, 1.165) is 19.4 Å². The molecule has 2 heterocycles. The van der Waals surface area contributed by atoms with Crippen LogP contribution in [-0.4, -0.2) is 37.4 Å². The highest BCUT2D eigenvalue weighted by Crippen LogP contribution is 2.21. The lowest BCUT2D eigenvalue weighted by atomic mass is 9.99. The second-order valence-corrected chi connectivity index (χ2v) is 3.92. The highest BCUT2D eigenvalue weighted by molar-refractivity contribution is 5.82. The summed E-state index contributed by atoms with van der Waals surface area (Å²) < 4.78 is 10.2. The van der Waals surface area contributed by atoms with Gasteiger partial charge in [-0.3, -0.25) is 10.1 Å². The van der Waals surface area contributed by atoms with Gasteiger partial charge in [-0.25, -0.2) is 0 Å². The van der Waals surface area contributed by atoms with Gasteiger partial charge in [-0.15, -0.1) is 0 Å². The van der Waals surface area contributed by atoms with E-state index < -0.39 is 5.54 Å². The van der Waals surface area contributed by atoms with E-state index in [1.165, 1.54) is 0 Å². The fourth-order valence-corrected chi connectivity index (χ4v) is 1.84. The van der Waals surface area contributed by atoms with E-state index in [-0.39, 0.29) is 5.97 Å². The number of ether oxygens (including phenoxy) is 2. The molecule has 2 aliphatic heterocycles. The lowest BCUT2D eigenvalue weighted by Crippen LogP contribution is -2.51. The van der Waals surface area contributed by atoms with Gasteiger partial charge in [0.1, 0.15) is 5.54 Å². The summed E-state index contributed by atoms with van der Waals surface area (Å²) in [7, 11) is 0. The average molecular weight is 185 g/mol. The number of rotatable bonds is 2. The molecule has 2 fully saturated rings. The molecule has 2 saturated heterocycles. The van der Waals surface area contributed by atoms with E-state index in [1.807, 2.05) is 6.92 Å². The molecule has 0 amide bonds. The predicted molar refractivity (Wildman–Crippen MR) is 46.3 cm³/mol. The van der Waals surface area contributed by atoms with Crippen molar-refractivity contribution in [3.8, 4) is 0 Å². The molecule has 0 radical (unpaired) electrons. The number of nitrogens with one attached hydrogen (secondary N) is 1. The third-order valence-corrected chi connectivity index (χ3v) is 2.74. The predicted octanol–water partition coefficient (Wildman–Crippen LogP) is 0.0705. The molecule has 2 atom stereocenters. The summed E-state index contributed by atoms with van der Waals surface area (Å²) >= 11 is 0. The van der Waals surface area contributed by atoms with Crippen molar-refractivity contribution in [2.24, 2.45) is 0 Å². The summed E-state index contributed by atoms with van der Waals surface area (Å²) in [4.78, 5) is 11.4. The Morgan fingerprint density at radius 1 is 1.54 bits per heavy atom. The third-order valence-electron chi connectivity index (χ3n) is 2.74. The molecular weight excluding hydrogens is 170 g/mol. The van der Waals surface area contributed by atoms with Gasteiger partial charge in [0.15, 0.2) is 0 Å². The zero-order valence-corrected chi connectivity index (χ0v) is 7.84. The first-order chi connectivity index (χ1) is 6.21. The lowest BCUT2D eigenvalue weighted by Gasteiger charge is -2.24. The van der Waals surface area contributed by atoms with E-state index in [1.54, 1.807) is 0 Å². The number of carbonyl (C=O) groups is 1. The van der Waals surface area contributed by atoms with E-state index in [9.17, 15) is 4.79 Å². The molecule has 0 spiro atoms. The summed E-state index contributed by atoms with van der Waals surface area (Å²) in [5.74, 6) is -0.126. The van der Waals surface area contributed by atoms with Crippen LogP contribution >= 0.6 is 0 Å². The maximum Gasteiger partial charge on any atom is 0.326 e. The van der Waals surface area contributed by atoms with Crippen LogP contribution in [0.1, 0.15) is 19.8 Å². The summed E-state index contributed by atoms with van der Waals surface area (Å²) in [6, 6.07) is 0.315. The standard InChI is InChI=1S/C9H15NO3/c1-9(3-5-13-8(9)11)10-7-2-4-12-6-7/h7,10H,2-6H2,1H3. The Morgan fingerprint density at radius 3 is 2.92 bits per heavy atom. The van der Waals surface area contributed by atoms with Crippen LogP contribution in [0.25, 0.3) is 0 Å². The Labute approximate surface area is 77.6 Å². The molecule has 4 nitrogen and oxygen atoms in total. The second-order valence-electron chi connectivity index (χ2n) is 3.92. The first-order valence-electron chi connectivity index (χ1n) is 4.73. The largest absolute Gasteiger partial charge is 0.464 e. The van der Waals surface area contributed by atoms with Crippen molar-refractivity contribution in [1.82, 2.24) is 5.32 Å². The molecular formula is C9H15NO3. The van der Waals surface area contributed by atoms with Gasteiger partial charge in [0.05, 0.1) is 13.2 Å². The molecule has 2 rings (SSSR count). The maximum atomic E-state index is 11.4. The monoisotopic (exact) mass is 185 g/mol. The molecule has 2 unspecified atom stereocenters. The molecule has 0 saturated carbocycles. The van der Waals surface area contributed by atoms with Crippen LogP contribution in [0.4, 0.5) is 0 Å². The van der Waals surface area contributed by atoms with Gasteiger partial charge in [-0.2, -0.15) is 0 Å². The molecule has 74 valence electrons. The summed E-state index contributed by atoms with van der Waals surface area (Å²) in [6.45, 7) is 3.95. The van der Waals surface area contributed by atoms with Crippen molar-refractivity contribution < 1.29 is 14.3 Å². The minimum absolute atomic E-state index is 0.126. The number of hydrogen-bond acceptors (Lipinski definition) is 4. The van der Waals surface area contributed by atoms with Gasteiger partial charge < -0.3 is 9.47 Å². The molecule has 2 aliphatic rings. The number of hydrogen-bond donors (Lipinski definition) is 1. The average Bonchev–Trinajstić information content (AvgIpc) is 2.65. The fraction of sp³-hybridized carbons (Fsp3) is 0.889. The zero-order valence-electron chi connectivity index (χ0n) is 7.84. The molecule has 4 heteroatoms. The van der Waals surface area contributed by atoms with Crippen molar-refractivity contribution in [2.75, 3.05) is 19.8 Å². The van der Waals surface area contributed by atoms with Gasteiger partial charge in [-0.1, -0.05) is 0 Å². The zero-order chi connectivity index (χ0) is 9.31. The fourth-order valence-electron chi connectivity index (χ4n) is 1.84. The van der Waals surface area contributed by atoms with Gasteiger partial charge in [0, 0.05) is 19.1 Å². The van der Waals surface area contributed by atoms with Crippen molar-refractivity contribution >= 4 is 5.97 Å². The smallest absolute Gasteiger partial charge is 0.326 e. The van der Waals surface area contributed by atoms with E-state index in [4.69, 9.17) is 9.47 Å². The maximum absolute atomic E-state index is 11.4. The number of cyclic esters (lactones) is 1. The Kier molecular flexibility index (Phi) is 2.26. The van der Waals surface area contributed by atoms with Crippen LogP contribution in [0.15, 0.2) is 0 Å². The topological polar surface area (TPSA) is 47.6 Å². The lowest BCUT2D eigenvalue weighted by molar-refractivity contribution is -0.143. The van der Waals surface area contributed by atoms with Crippen LogP contribution in [-0.2, 0) is 14.3 Å². The van der Waals surface area contributed by atoms with Crippen molar-refractivity contribution in [3.05, 3.63) is 0 Å². The van der Waals surface area contributed by atoms with E-state index >= 15 is 0 Å². The van der Waals surface area contributed by atoms with Crippen LogP contribution in [0.5, 0.6) is 0 Å². The Bertz CT molecular complexity index is 213. The second kappa shape index (κ2) is 3.27. The van der Waals surface area contributed by atoms with Crippen LogP contribution < -0.4 is 5.32 Å². The molecule has 0 bridgehead atoms.